The normalized spacial score (nSPS) is 11.7. The molecule has 154 valence electrons. The molecule has 7 nitrogen and oxygen atoms in total. The fraction of sp³-hybridized carbons (Fsp3) is 0.143. The van der Waals surface area contributed by atoms with Crippen molar-refractivity contribution in [2.45, 2.75) is 18.0 Å². The average Bonchev–Trinajstić information content (AvgIpc) is 3.10. The van der Waals surface area contributed by atoms with E-state index in [4.69, 9.17) is 16.3 Å². The number of methoxy groups -OCH3 is 1. The summed E-state index contributed by atoms with van der Waals surface area (Å²) in [7, 11) is -2.18. The molecule has 2 aromatic heterocycles. The molecule has 30 heavy (non-hydrogen) atoms. The number of nitrogens with zero attached hydrogens (tertiary/aromatic N) is 3. The molecule has 4 rings (SSSR count). The fourth-order valence-corrected chi connectivity index (χ4v) is 4.62. The number of aromatic nitrogens is 3. The first-order chi connectivity index (χ1) is 14.5. The van der Waals surface area contributed by atoms with Crippen LogP contribution in [0, 0.1) is 0 Å². The van der Waals surface area contributed by atoms with Crippen LogP contribution < -0.4 is 9.46 Å². The van der Waals surface area contributed by atoms with Crippen LogP contribution in [-0.2, 0) is 23.1 Å². The largest absolute Gasteiger partial charge is 0.497 e. The number of halogens is 1. The molecule has 0 atom stereocenters. The van der Waals surface area contributed by atoms with Crippen LogP contribution in [0.5, 0.6) is 5.75 Å². The molecule has 0 saturated carbocycles. The van der Waals surface area contributed by atoms with Crippen molar-refractivity contribution in [1.29, 1.82) is 0 Å². The Morgan fingerprint density at radius 2 is 1.83 bits per heavy atom. The molecule has 0 unspecified atom stereocenters. The lowest BCUT2D eigenvalue weighted by Crippen LogP contribution is -2.25. The second-order valence-electron chi connectivity index (χ2n) is 6.56. The summed E-state index contributed by atoms with van der Waals surface area (Å²) in [6, 6.07) is 17.6. The number of hydrogen-bond donors (Lipinski definition) is 1. The first kappa shape index (κ1) is 20.3. The minimum absolute atomic E-state index is 0.0000706. The van der Waals surface area contributed by atoms with E-state index in [0.29, 0.717) is 23.5 Å². The molecule has 4 aromatic rings. The van der Waals surface area contributed by atoms with Crippen LogP contribution >= 0.6 is 11.6 Å². The van der Waals surface area contributed by atoms with Gasteiger partial charge in [0.05, 0.1) is 25.2 Å². The van der Waals surface area contributed by atoms with E-state index in [1.165, 1.54) is 6.07 Å². The summed E-state index contributed by atoms with van der Waals surface area (Å²) in [5, 5.41) is 0.165. The van der Waals surface area contributed by atoms with Gasteiger partial charge >= 0.3 is 0 Å². The van der Waals surface area contributed by atoms with Gasteiger partial charge in [-0.15, -0.1) is 0 Å². The summed E-state index contributed by atoms with van der Waals surface area (Å²) in [6.45, 7) is 0.487. The van der Waals surface area contributed by atoms with Crippen molar-refractivity contribution in [2.75, 3.05) is 7.11 Å². The molecule has 0 saturated heterocycles. The Labute approximate surface area is 179 Å². The van der Waals surface area contributed by atoms with Crippen molar-refractivity contribution in [3.63, 3.8) is 0 Å². The predicted octanol–water partition coefficient (Wildman–Crippen LogP) is 3.62. The molecule has 0 fully saturated rings. The van der Waals surface area contributed by atoms with Crippen LogP contribution in [0.3, 0.4) is 0 Å². The fourth-order valence-electron chi connectivity index (χ4n) is 3.12. The monoisotopic (exact) mass is 442 g/mol. The smallest absolute Gasteiger partial charge is 0.242 e. The number of imidazole rings is 1. The lowest BCUT2D eigenvalue weighted by molar-refractivity contribution is 0.414. The number of rotatable bonds is 7. The maximum absolute atomic E-state index is 12.7. The van der Waals surface area contributed by atoms with E-state index in [-0.39, 0.29) is 16.5 Å². The lowest BCUT2D eigenvalue weighted by atomic mass is 10.2. The predicted molar refractivity (Wildman–Crippen MR) is 115 cm³/mol. The highest BCUT2D eigenvalue weighted by atomic mass is 35.5. The van der Waals surface area contributed by atoms with Crippen LogP contribution in [-0.4, -0.2) is 30.1 Å². The van der Waals surface area contributed by atoms with Crippen molar-refractivity contribution >= 4 is 32.8 Å². The Balaban J connectivity index is 1.65. The van der Waals surface area contributed by atoms with Gasteiger partial charge in [-0.3, -0.25) is 0 Å². The van der Waals surface area contributed by atoms with E-state index in [2.05, 4.69) is 14.7 Å². The summed E-state index contributed by atoms with van der Waals surface area (Å²) < 4.78 is 35.1. The molecule has 2 heterocycles. The highest BCUT2D eigenvalue weighted by Crippen LogP contribution is 2.22. The number of fused-ring (bicyclic) bond motifs is 1. The third-order valence-electron chi connectivity index (χ3n) is 4.63. The van der Waals surface area contributed by atoms with E-state index < -0.39 is 10.0 Å². The zero-order chi connectivity index (χ0) is 21.1. The van der Waals surface area contributed by atoms with Crippen LogP contribution in [0.25, 0.3) is 11.2 Å². The van der Waals surface area contributed by atoms with Gasteiger partial charge in [-0.05, 0) is 42.0 Å². The summed E-state index contributed by atoms with van der Waals surface area (Å²) >= 11 is 6.06. The molecule has 0 aliphatic carbocycles. The molecular formula is C21H19ClN4O3S. The van der Waals surface area contributed by atoms with Gasteiger partial charge < -0.3 is 9.30 Å². The van der Waals surface area contributed by atoms with Crippen LogP contribution in [0.15, 0.2) is 71.8 Å². The summed E-state index contributed by atoms with van der Waals surface area (Å²) in [5.74, 6) is 1.32. The minimum Gasteiger partial charge on any atom is -0.497 e. The number of hydrogen-bond acceptors (Lipinski definition) is 5. The SMILES string of the molecule is COc1ccc(Cn2c(CNS(=O)(=O)c3ccccc3Cl)nc3cccnc32)cc1. The first-order valence-electron chi connectivity index (χ1n) is 9.15. The number of sulfonamides is 1. The van der Waals surface area contributed by atoms with Crippen LogP contribution in [0.1, 0.15) is 11.4 Å². The van der Waals surface area contributed by atoms with E-state index in [1.807, 2.05) is 34.9 Å². The maximum atomic E-state index is 12.7. The van der Waals surface area contributed by atoms with Gasteiger partial charge in [-0.25, -0.2) is 23.1 Å². The van der Waals surface area contributed by atoms with E-state index in [1.54, 1.807) is 37.6 Å². The van der Waals surface area contributed by atoms with Gasteiger partial charge in [-0.2, -0.15) is 0 Å². The third-order valence-corrected chi connectivity index (χ3v) is 6.53. The molecule has 0 bridgehead atoms. The van der Waals surface area contributed by atoms with Gasteiger partial charge in [0.15, 0.2) is 5.65 Å². The third kappa shape index (κ3) is 4.16. The lowest BCUT2D eigenvalue weighted by Gasteiger charge is -2.11. The number of benzene rings is 2. The van der Waals surface area contributed by atoms with E-state index in [9.17, 15) is 8.42 Å². The maximum Gasteiger partial charge on any atom is 0.242 e. The molecule has 0 aliphatic heterocycles. The minimum atomic E-state index is -3.80. The van der Waals surface area contributed by atoms with Gasteiger partial charge in [0.2, 0.25) is 10.0 Å². The molecule has 0 spiro atoms. The first-order valence-corrected chi connectivity index (χ1v) is 11.0. The quantitative estimate of drug-likeness (QED) is 0.472. The van der Waals surface area contributed by atoms with E-state index >= 15 is 0 Å². The molecule has 1 N–H and O–H groups in total. The topological polar surface area (TPSA) is 86.1 Å². The Kier molecular flexibility index (Phi) is 5.72. The second kappa shape index (κ2) is 8.43. The van der Waals surface area contributed by atoms with Crippen molar-refractivity contribution in [3.05, 3.63) is 83.3 Å². The van der Waals surface area contributed by atoms with Gasteiger partial charge in [0, 0.05) is 6.20 Å². The molecule has 0 radical (unpaired) electrons. The van der Waals surface area contributed by atoms with Crippen LogP contribution in [0.2, 0.25) is 5.02 Å². The van der Waals surface area contributed by atoms with E-state index in [0.717, 1.165) is 11.3 Å². The number of nitrogens with one attached hydrogen (secondary N) is 1. The highest BCUT2D eigenvalue weighted by molar-refractivity contribution is 7.89. The number of pyridine rings is 1. The van der Waals surface area contributed by atoms with Gasteiger partial charge in [0.1, 0.15) is 22.0 Å². The Bertz CT molecular complexity index is 1290. The van der Waals surface area contributed by atoms with Crippen molar-refractivity contribution in [2.24, 2.45) is 0 Å². The van der Waals surface area contributed by atoms with Crippen LogP contribution in [0.4, 0.5) is 0 Å². The van der Waals surface area contributed by atoms with Crippen molar-refractivity contribution < 1.29 is 13.2 Å². The van der Waals surface area contributed by atoms with Crippen molar-refractivity contribution in [3.8, 4) is 5.75 Å². The standard InChI is InChI=1S/C21H19ClN4O3S/c1-29-16-10-8-15(9-11-16)14-26-20(25-18-6-4-12-23-21(18)26)13-24-30(27,28)19-7-3-2-5-17(19)22/h2-12,24H,13-14H2,1H3. The Hall–Kier alpha value is -2.94. The average molecular weight is 443 g/mol. The Morgan fingerprint density at radius 3 is 2.57 bits per heavy atom. The molecule has 0 amide bonds. The zero-order valence-electron chi connectivity index (χ0n) is 16.1. The molecule has 2 aromatic carbocycles. The molecule has 9 heteroatoms. The summed E-state index contributed by atoms with van der Waals surface area (Å²) in [5.41, 5.74) is 2.38. The molecule has 0 aliphatic rings. The molecular weight excluding hydrogens is 424 g/mol. The summed E-state index contributed by atoms with van der Waals surface area (Å²) in [6.07, 6.45) is 1.69. The zero-order valence-corrected chi connectivity index (χ0v) is 17.7. The second-order valence-corrected chi connectivity index (χ2v) is 8.71. The number of ether oxygens (including phenoxy) is 1. The van der Waals surface area contributed by atoms with Gasteiger partial charge in [0.25, 0.3) is 0 Å². The van der Waals surface area contributed by atoms with Crippen molar-refractivity contribution in [1.82, 2.24) is 19.3 Å². The highest BCUT2D eigenvalue weighted by Gasteiger charge is 2.19. The summed E-state index contributed by atoms with van der Waals surface area (Å²) in [4.78, 5) is 9.03. The Morgan fingerprint density at radius 1 is 1.07 bits per heavy atom. The van der Waals surface area contributed by atoms with Gasteiger partial charge in [-0.1, -0.05) is 35.9 Å².